The summed E-state index contributed by atoms with van der Waals surface area (Å²) in [6.07, 6.45) is 8.79. The highest BCUT2D eigenvalue weighted by molar-refractivity contribution is 6.32. The average molecular weight is 365 g/mol. The van der Waals surface area contributed by atoms with Crippen LogP contribution < -0.4 is 0 Å². The monoisotopic (exact) mass is 364 g/mol. The normalized spacial score (nSPS) is 51.8. The van der Waals surface area contributed by atoms with Crippen molar-refractivity contribution >= 4 is 17.4 Å². The lowest BCUT2D eigenvalue weighted by Gasteiger charge is -2.57. The maximum absolute atomic E-state index is 12.3. The number of hydrogen-bond acceptors (Lipinski definition) is 3. The van der Waals surface area contributed by atoms with E-state index in [2.05, 4.69) is 19.9 Å². The molecule has 0 radical (unpaired) electrons. The van der Waals surface area contributed by atoms with Crippen molar-refractivity contribution in [3.05, 3.63) is 22.8 Å². The van der Waals surface area contributed by atoms with Gasteiger partial charge in [-0.05, 0) is 74.2 Å². The van der Waals surface area contributed by atoms with Gasteiger partial charge in [0.2, 0.25) is 0 Å². The first-order chi connectivity index (χ1) is 11.6. The molecular formula is C21H29ClO3. The number of Topliss-reactive ketones (excluding diaryl/α,β-unsaturated/α-hetero) is 1. The van der Waals surface area contributed by atoms with E-state index in [1.165, 1.54) is 6.92 Å². The molecular weight excluding hydrogens is 336 g/mol. The van der Waals surface area contributed by atoms with Gasteiger partial charge in [-0.3, -0.25) is 4.79 Å². The lowest BCUT2D eigenvalue weighted by atomic mass is 9.48. The molecule has 138 valence electrons. The summed E-state index contributed by atoms with van der Waals surface area (Å²) in [4.78, 5) is 12.3. The molecule has 3 nitrogen and oxygen atoms in total. The SMILES string of the molecule is CC(=O)[C@]1(O)CC[C@@H]2[C@H]3C=C(Cl)C4=C[C@H](O)CC[C@]4(C)[C@@H]3CC[C@]21C. The molecule has 2 fully saturated rings. The maximum Gasteiger partial charge on any atom is 0.161 e. The second-order valence-electron chi connectivity index (χ2n) is 9.32. The topological polar surface area (TPSA) is 57.5 Å². The predicted molar refractivity (Wildman–Crippen MR) is 98.0 cm³/mol. The van der Waals surface area contributed by atoms with Gasteiger partial charge in [-0.1, -0.05) is 37.6 Å². The van der Waals surface area contributed by atoms with Gasteiger partial charge in [0.1, 0.15) is 5.60 Å². The van der Waals surface area contributed by atoms with Crippen molar-refractivity contribution in [2.24, 2.45) is 28.6 Å². The van der Waals surface area contributed by atoms with E-state index in [9.17, 15) is 15.0 Å². The zero-order valence-corrected chi connectivity index (χ0v) is 16.1. The molecule has 0 heterocycles. The number of allylic oxidation sites excluding steroid dienone is 3. The van der Waals surface area contributed by atoms with Crippen LogP contribution in [-0.4, -0.2) is 27.7 Å². The molecule has 0 aromatic heterocycles. The second-order valence-corrected chi connectivity index (χ2v) is 9.73. The third-order valence-electron chi connectivity index (χ3n) is 8.41. The van der Waals surface area contributed by atoms with Crippen molar-refractivity contribution in [2.75, 3.05) is 0 Å². The molecule has 4 aliphatic rings. The highest BCUT2D eigenvalue weighted by Gasteiger charge is 2.65. The summed E-state index contributed by atoms with van der Waals surface area (Å²) in [7, 11) is 0. The molecule has 2 saturated carbocycles. The van der Waals surface area contributed by atoms with Crippen LogP contribution in [0, 0.1) is 28.6 Å². The van der Waals surface area contributed by atoms with Crippen molar-refractivity contribution in [3.8, 4) is 0 Å². The fraction of sp³-hybridized carbons (Fsp3) is 0.762. The van der Waals surface area contributed by atoms with Gasteiger partial charge in [0.25, 0.3) is 0 Å². The van der Waals surface area contributed by atoms with Gasteiger partial charge < -0.3 is 10.2 Å². The fourth-order valence-electron chi connectivity index (χ4n) is 6.81. The molecule has 0 aromatic rings. The first-order valence-electron chi connectivity index (χ1n) is 9.65. The summed E-state index contributed by atoms with van der Waals surface area (Å²) in [6, 6.07) is 0. The van der Waals surface area contributed by atoms with E-state index in [0.29, 0.717) is 24.2 Å². The Balaban J connectivity index is 1.78. The quantitative estimate of drug-likeness (QED) is 0.740. The predicted octanol–water partition coefficient (Wildman–Crippen LogP) is 3.97. The molecule has 0 aromatic carbocycles. The van der Waals surface area contributed by atoms with E-state index in [4.69, 9.17) is 11.6 Å². The summed E-state index contributed by atoms with van der Waals surface area (Å²) >= 11 is 6.69. The van der Waals surface area contributed by atoms with Crippen molar-refractivity contribution in [1.82, 2.24) is 0 Å². The number of aliphatic hydroxyl groups is 2. The lowest BCUT2D eigenvalue weighted by molar-refractivity contribution is -0.156. The molecule has 0 bridgehead atoms. The van der Waals surface area contributed by atoms with Gasteiger partial charge in [0, 0.05) is 10.4 Å². The molecule has 4 aliphatic carbocycles. The molecule has 0 spiro atoms. The van der Waals surface area contributed by atoms with Crippen LogP contribution in [0.15, 0.2) is 22.8 Å². The van der Waals surface area contributed by atoms with Gasteiger partial charge in [-0.2, -0.15) is 0 Å². The van der Waals surface area contributed by atoms with Crippen LogP contribution in [0.2, 0.25) is 0 Å². The third kappa shape index (κ3) is 2.15. The Hall–Kier alpha value is -0.640. The molecule has 0 aliphatic heterocycles. The maximum atomic E-state index is 12.3. The number of aliphatic hydroxyl groups excluding tert-OH is 1. The summed E-state index contributed by atoms with van der Waals surface area (Å²) in [5.41, 5.74) is -0.450. The van der Waals surface area contributed by atoms with Crippen molar-refractivity contribution in [3.63, 3.8) is 0 Å². The smallest absolute Gasteiger partial charge is 0.161 e. The number of carbonyl (C=O) groups excluding carboxylic acids is 1. The molecule has 4 rings (SSSR count). The molecule has 0 saturated heterocycles. The highest BCUT2D eigenvalue weighted by Crippen LogP contribution is 2.67. The van der Waals surface area contributed by atoms with Crippen LogP contribution in [0.25, 0.3) is 0 Å². The molecule has 4 heteroatoms. The minimum absolute atomic E-state index is 0.00596. The number of hydrogen-bond donors (Lipinski definition) is 2. The van der Waals surface area contributed by atoms with Crippen LogP contribution in [0.4, 0.5) is 0 Å². The summed E-state index contributed by atoms with van der Waals surface area (Å²) in [5.74, 6) is 0.978. The average Bonchev–Trinajstić information content (AvgIpc) is 2.83. The Morgan fingerprint density at radius 3 is 2.48 bits per heavy atom. The zero-order valence-electron chi connectivity index (χ0n) is 15.4. The van der Waals surface area contributed by atoms with Gasteiger partial charge in [-0.25, -0.2) is 0 Å². The van der Waals surface area contributed by atoms with E-state index >= 15 is 0 Å². The largest absolute Gasteiger partial charge is 0.389 e. The number of fused-ring (bicyclic) bond motifs is 5. The Kier molecular flexibility index (Phi) is 3.86. The highest BCUT2D eigenvalue weighted by atomic mass is 35.5. The molecule has 0 unspecified atom stereocenters. The number of halogens is 1. The number of rotatable bonds is 1. The van der Waals surface area contributed by atoms with Crippen LogP contribution in [-0.2, 0) is 4.79 Å². The van der Waals surface area contributed by atoms with Gasteiger partial charge in [-0.15, -0.1) is 0 Å². The molecule has 0 amide bonds. The zero-order chi connectivity index (χ0) is 18.2. The van der Waals surface area contributed by atoms with Gasteiger partial charge in [0.15, 0.2) is 5.78 Å². The molecule has 2 N–H and O–H groups in total. The summed E-state index contributed by atoms with van der Waals surface area (Å²) in [5, 5.41) is 22.0. The van der Waals surface area contributed by atoms with E-state index in [-0.39, 0.29) is 16.6 Å². The van der Waals surface area contributed by atoms with Crippen LogP contribution in [0.1, 0.15) is 59.3 Å². The summed E-state index contributed by atoms with van der Waals surface area (Å²) in [6.45, 7) is 5.95. The van der Waals surface area contributed by atoms with E-state index < -0.39 is 11.7 Å². The summed E-state index contributed by atoms with van der Waals surface area (Å²) < 4.78 is 0. The molecule has 7 atom stereocenters. The van der Waals surface area contributed by atoms with Gasteiger partial charge in [0.05, 0.1) is 6.10 Å². The van der Waals surface area contributed by atoms with Crippen molar-refractivity contribution in [1.29, 1.82) is 0 Å². The van der Waals surface area contributed by atoms with Crippen LogP contribution >= 0.6 is 11.6 Å². The lowest BCUT2D eigenvalue weighted by Crippen LogP contribution is -2.56. The third-order valence-corrected chi connectivity index (χ3v) is 8.74. The van der Waals surface area contributed by atoms with Crippen molar-refractivity contribution in [2.45, 2.75) is 71.0 Å². The number of ketones is 1. The van der Waals surface area contributed by atoms with E-state index in [1.54, 1.807) is 0 Å². The Morgan fingerprint density at radius 1 is 1.12 bits per heavy atom. The van der Waals surface area contributed by atoms with Crippen LogP contribution in [0.5, 0.6) is 0 Å². The minimum Gasteiger partial charge on any atom is -0.389 e. The van der Waals surface area contributed by atoms with E-state index in [0.717, 1.165) is 42.7 Å². The second kappa shape index (κ2) is 5.43. The van der Waals surface area contributed by atoms with E-state index in [1.807, 2.05) is 6.08 Å². The van der Waals surface area contributed by atoms with Crippen molar-refractivity contribution < 1.29 is 15.0 Å². The number of carbonyl (C=O) groups is 1. The fourth-order valence-corrected chi connectivity index (χ4v) is 7.24. The first-order valence-corrected chi connectivity index (χ1v) is 10.0. The Morgan fingerprint density at radius 2 is 1.80 bits per heavy atom. The Labute approximate surface area is 155 Å². The standard InChI is InChI=1S/C21H29ClO3/c1-12(23)21(25)9-6-16-14-11-18(22)17-10-13(24)4-7-19(17,2)15(14)5-8-20(16,21)3/h10-11,13-16,24-25H,4-9H2,1-3H3/t13-,14+,15-,16-,19-,20-,21-/m1/s1. The molecule has 25 heavy (non-hydrogen) atoms. The minimum atomic E-state index is -1.19. The van der Waals surface area contributed by atoms with Crippen LogP contribution in [0.3, 0.4) is 0 Å². The first kappa shape index (κ1) is 17.8. The Bertz CT molecular complexity index is 683. The van der Waals surface area contributed by atoms with Gasteiger partial charge >= 0.3 is 0 Å².